The molecule has 2 heterocycles. The highest BCUT2D eigenvalue weighted by molar-refractivity contribution is 5.47. The molecule has 0 bridgehead atoms. The summed E-state index contributed by atoms with van der Waals surface area (Å²) in [5.41, 5.74) is 0.0625. The van der Waals surface area contributed by atoms with E-state index in [1.807, 2.05) is 0 Å². The lowest BCUT2D eigenvalue weighted by Crippen LogP contribution is -2.01. The van der Waals surface area contributed by atoms with Gasteiger partial charge in [0.25, 0.3) is 0 Å². The van der Waals surface area contributed by atoms with Gasteiger partial charge in [0, 0.05) is 6.20 Å². The van der Waals surface area contributed by atoms with E-state index < -0.39 is 5.82 Å². The van der Waals surface area contributed by atoms with Crippen molar-refractivity contribution in [1.82, 2.24) is 25.4 Å². The van der Waals surface area contributed by atoms with Gasteiger partial charge >= 0.3 is 0 Å². The number of pyridine rings is 1. The van der Waals surface area contributed by atoms with Crippen molar-refractivity contribution in [1.29, 1.82) is 0 Å². The summed E-state index contributed by atoms with van der Waals surface area (Å²) in [6.45, 7) is 1.65. The van der Waals surface area contributed by atoms with Crippen molar-refractivity contribution < 1.29 is 4.39 Å². The van der Waals surface area contributed by atoms with Gasteiger partial charge in [0.1, 0.15) is 5.69 Å². The lowest BCUT2D eigenvalue weighted by atomic mass is 10.3. The van der Waals surface area contributed by atoms with Gasteiger partial charge < -0.3 is 0 Å². The number of nitrogens with zero attached hydrogens (tertiary/aromatic N) is 5. The molecule has 70 valence electrons. The fourth-order valence-electron chi connectivity index (χ4n) is 0.924. The van der Waals surface area contributed by atoms with Gasteiger partial charge in [0.15, 0.2) is 11.6 Å². The zero-order valence-electron chi connectivity index (χ0n) is 7.35. The van der Waals surface area contributed by atoms with Crippen LogP contribution in [0.1, 0.15) is 5.82 Å². The molecule has 6 heteroatoms. The van der Waals surface area contributed by atoms with Gasteiger partial charge in [-0.25, -0.2) is 9.37 Å². The Hall–Kier alpha value is -1.98. The molecule has 0 unspecified atom stereocenters. The summed E-state index contributed by atoms with van der Waals surface area (Å²) in [7, 11) is 0. The van der Waals surface area contributed by atoms with Gasteiger partial charge in [-0.2, -0.15) is 0 Å². The predicted octanol–water partition coefficient (Wildman–Crippen LogP) is 0.776. The van der Waals surface area contributed by atoms with Crippen LogP contribution in [0.25, 0.3) is 11.5 Å². The molecule has 0 saturated carbocycles. The first-order valence-electron chi connectivity index (χ1n) is 3.92. The Morgan fingerprint density at radius 1 is 1.14 bits per heavy atom. The molecule has 0 aliphatic heterocycles. The van der Waals surface area contributed by atoms with Crippen molar-refractivity contribution in [2.45, 2.75) is 6.92 Å². The highest BCUT2D eigenvalue weighted by Gasteiger charge is 2.09. The smallest absolute Gasteiger partial charge is 0.224 e. The first-order valence-corrected chi connectivity index (χ1v) is 3.92. The monoisotopic (exact) mass is 191 g/mol. The van der Waals surface area contributed by atoms with Crippen molar-refractivity contribution in [3.63, 3.8) is 0 Å². The Balaban J connectivity index is 2.50. The van der Waals surface area contributed by atoms with Crippen LogP contribution >= 0.6 is 0 Å². The van der Waals surface area contributed by atoms with Crippen LogP contribution in [0.4, 0.5) is 4.39 Å². The Bertz CT molecular complexity index is 442. The SMILES string of the molecule is Cc1nnc(-c2ncccc2F)nn1. The topological polar surface area (TPSA) is 64.5 Å². The number of aryl methyl sites for hydroxylation is 1. The fourth-order valence-corrected chi connectivity index (χ4v) is 0.924. The number of aromatic nitrogens is 5. The first-order chi connectivity index (χ1) is 6.77. The fraction of sp³-hybridized carbons (Fsp3) is 0.125. The zero-order chi connectivity index (χ0) is 9.97. The van der Waals surface area contributed by atoms with Crippen molar-refractivity contribution in [3.8, 4) is 11.5 Å². The Labute approximate surface area is 79.1 Å². The minimum atomic E-state index is -0.486. The van der Waals surface area contributed by atoms with E-state index in [0.29, 0.717) is 5.82 Å². The molecule has 5 nitrogen and oxygen atoms in total. The van der Waals surface area contributed by atoms with Crippen LogP contribution in [0.3, 0.4) is 0 Å². The van der Waals surface area contributed by atoms with Gasteiger partial charge in [-0.05, 0) is 19.1 Å². The minimum Gasteiger partial charge on any atom is -0.250 e. The van der Waals surface area contributed by atoms with E-state index in [4.69, 9.17) is 0 Å². The second kappa shape index (κ2) is 3.41. The molecule has 0 saturated heterocycles. The summed E-state index contributed by atoms with van der Waals surface area (Å²) in [5, 5.41) is 14.7. The molecule has 0 N–H and O–H groups in total. The summed E-state index contributed by atoms with van der Waals surface area (Å²) in [6.07, 6.45) is 1.46. The third-order valence-corrected chi connectivity index (χ3v) is 1.55. The van der Waals surface area contributed by atoms with E-state index in [1.54, 1.807) is 6.92 Å². The van der Waals surface area contributed by atoms with Crippen LogP contribution in [0.2, 0.25) is 0 Å². The quantitative estimate of drug-likeness (QED) is 0.666. The van der Waals surface area contributed by atoms with Crippen molar-refractivity contribution >= 4 is 0 Å². The molecule has 2 aromatic rings. The van der Waals surface area contributed by atoms with Crippen molar-refractivity contribution in [3.05, 3.63) is 30.0 Å². The summed E-state index contributed by atoms with van der Waals surface area (Å²) in [6, 6.07) is 2.78. The van der Waals surface area contributed by atoms with Gasteiger partial charge in [0.2, 0.25) is 5.82 Å². The maximum absolute atomic E-state index is 13.2. The van der Waals surface area contributed by atoms with Crippen molar-refractivity contribution in [2.24, 2.45) is 0 Å². The molecule has 0 fully saturated rings. The molecule has 0 atom stereocenters. The van der Waals surface area contributed by atoms with E-state index in [9.17, 15) is 4.39 Å². The average Bonchev–Trinajstić information content (AvgIpc) is 2.20. The third kappa shape index (κ3) is 1.54. The van der Waals surface area contributed by atoms with Crippen LogP contribution < -0.4 is 0 Å². The normalized spacial score (nSPS) is 10.1. The van der Waals surface area contributed by atoms with Crippen molar-refractivity contribution in [2.75, 3.05) is 0 Å². The highest BCUT2D eigenvalue weighted by Crippen LogP contribution is 2.12. The van der Waals surface area contributed by atoms with Crippen LogP contribution in [0.5, 0.6) is 0 Å². The standard InChI is InChI=1S/C8H6FN5/c1-5-11-13-8(14-12-5)7-6(9)3-2-4-10-7/h2-4H,1H3. The molecule has 0 aliphatic carbocycles. The van der Waals surface area contributed by atoms with E-state index in [1.165, 1.54) is 18.3 Å². The third-order valence-electron chi connectivity index (χ3n) is 1.55. The molecule has 0 radical (unpaired) electrons. The molecule has 2 rings (SSSR count). The summed E-state index contributed by atoms with van der Waals surface area (Å²) in [5.74, 6) is 0.0405. The van der Waals surface area contributed by atoms with Gasteiger partial charge in [-0.1, -0.05) is 0 Å². The molecule has 2 aromatic heterocycles. The van der Waals surface area contributed by atoms with Crippen LogP contribution in [-0.2, 0) is 0 Å². The summed E-state index contributed by atoms with van der Waals surface area (Å²) in [4.78, 5) is 3.80. The Kier molecular flexibility index (Phi) is 2.10. The Morgan fingerprint density at radius 3 is 2.50 bits per heavy atom. The van der Waals surface area contributed by atoms with E-state index in [2.05, 4.69) is 25.4 Å². The highest BCUT2D eigenvalue weighted by atomic mass is 19.1. The average molecular weight is 191 g/mol. The van der Waals surface area contributed by atoms with Crippen LogP contribution in [-0.4, -0.2) is 25.4 Å². The largest absolute Gasteiger partial charge is 0.250 e. The lowest BCUT2D eigenvalue weighted by Gasteiger charge is -1.97. The number of hydrogen-bond donors (Lipinski definition) is 0. The molecule has 0 aromatic carbocycles. The minimum absolute atomic E-state index is 0.0625. The van der Waals surface area contributed by atoms with Gasteiger partial charge in [0.05, 0.1) is 0 Å². The summed E-state index contributed by atoms with van der Waals surface area (Å²) < 4.78 is 13.2. The lowest BCUT2D eigenvalue weighted by molar-refractivity contribution is 0.621. The molecule has 0 amide bonds. The van der Waals surface area contributed by atoms with Gasteiger partial charge in [-0.3, -0.25) is 0 Å². The maximum Gasteiger partial charge on any atom is 0.224 e. The van der Waals surface area contributed by atoms with Gasteiger partial charge in [-0.15, -0.1) is 20.4 Å². The number of hydrogen-bond acceptors (Lipinski definition) is 5. The van der Waals surface area contributed by atoms with Crippen LogP contribution in [0, 0.1) is 12.7 Å². The molecular formula is C8H6FN5. The zero-order valence-corrected chi connectivity index (χ0v) is 7.35. The maximum atomic E-state index is 13.2. The van der Waals surface area contributed by atoms with E-state index in [0.717, 1.165) is 0 Å². The molecule has 0 spiro atoms. The number of rotatable bonds is 1. The number of halogens is 1. The second-order valence-electron chi connectivity index (χ2n) is 2.60. The van der Waals surface area contributed by atoms with E-state index >= 15 is 0 Å². The summed E-state index contributed by atoms with van der Waals surface area (Å²) >= 11 is 0. The van der Waals surface area contributed by atoms with Crippen LogP contribution in [0.15, 0.2) is 18.3 Å². The first kappa shape index (κ1) is 8.61. The predicted molar refractivity (Wildman–Crippen MR) is 45.5 cm³/mol. The Morgan fingerprint density at radius 2 is 1.86 bits per heavy atom. The molecular weight excluding hydrogens is 185 g/mol. The second-order valence-corrected chi connectivity index (χ2v) is 2.60. The van der Waals surface area contributed by atoms with E-state index in [-0.39, 0.29) is 11.5 Å². The molecule has 0 aliphatic rings. The molecule has 14 heavy (non-hydrogen) atoms.